The molecule has 1 saturated heterocycles. The van der Waals surface area contributed by atoms with Crippen LogP contribution in [-0.4, -0.2) is 41.1 Å². The van der Waals surface area contributed by atoms with Crippen molar-refractivity contribution in [3.05, 3.63) is 30.3 Å². The van der Waals surface area contributed by atoms with E-state index in [0.717, 1.165) is 25.1 Å². The van der Waals surface area contributed by atoms with Gasteiger partial charge in [-0.2, -0.15) is 0 Å². The molecule has 0 aromatic heterocycles. The van der Waals surface area contributed by atoms with Crippen LogP contribution in [0, 0.1) is 5.92 Å². The zero-order valence-corrected chi connectivity index (χ0v) is 14.8. The van der Waals surface area contributed by atoms with E-state index in [2.05, 4.69) is 10.5 Å². The standard InChI is InChI=1S/C19H25N3O3/c1-14(2)11-17(23)22-10-6-9-19(13-22)12-16(21-25-19)18(24)20-15-7-4-3-5-8-15/h3-5,7-8,14H,6,9-13H2,1-2H3,(H,20,24)/t19-/m1/s1. The number of hydrogen-bond acceptors (Lipinski definition) is 4. The molecule has 1 atom stereocenters. The molecular formula is C19H25N3O3. The highest BCUT2D eigenvalue weighted by Gasteiger charge is 2.45. The molecule has 0 aliphatic carbocycles. The first-order chi connectivity index (χ1) is 12.0. The Hall–Kier alpha value is -2.37. The Kier molecular flexibility index (Phi) is 5.06. The van der Waals surface area contributed by atoms with Gasteiger partial charge in [0.15, 0.2) is 5.60 Å². The molecule has 6 heteroatoms. The van der Waals surface area contributed by atoms with Crippen molar-refractivity contribution in [1.29, 1.82) is 0 Å². The zero-order chi connectivity index (χ0) is 17.9. The number of nitrogens with one attached hydrogen (secondary N) is 1. The van der Waals surface area contributed by atoms with Gasteiger partial charge in [-0.25, -0.2) is 0 Å². The van der Waals surface area contributed by atoms with Crippen LogP contribution < -0.4 is 5.32 Å². The Morgan fingerprint density at radius 3 is 2.80 bits per heavy atom. The molecule has 6 nitrogen and oxygen atoms in total. The lowest BCUT2D eigenvalue weighted by Gasteiger charge is -2.38. The molecule has 25 heavy (non-hydrogen) atoms. The summed E-state index contributed by atoms with van der Waals surface area (Å²) in [7, 11) is 0. The second-order valence-corrected chi connectivity index (χ2v) is 7.33. The Bertz CT molecular complexity index is 672. The van der Waals surface area contributed by atoms with Gasteiger partial charge in [-0.15, -0.1) is 0 Å². The maximum absolute atomic E-state index is 12.4. The minimum absolute atomic E-state index is 0.153. The first-order valence-corrected chi connectivity index (χ1v) is 8.87. The normalized spacial score (nSPS) is 22.7. The summed E-state index contributed by atoms with van der Waals surface area (Å²) >= 11 is 0. The number of carbonyl (C=O) groups is 2. The van der Waals surface area contributed by atoms with E-state index in [9.17, 15) is 9.59 Å². The third kappa shape index (κ3) is 4.18. The van der Waals surface area contributed by atoms with Crippen LogP contribution in [0.15, 0.2) is 35.5 Å². The van der Waals surface area contributed by atoms with Crippen molar-refractivity contribution in [2.75, 3.05) is 18.4 Å². The van der Waals surface area contributed by atoms with Crippen LogP contribution in [0.1, 0.15) is 39.5 Å². The predicted octanol–water partition coefficient (Wildman–Crippen LogP) is 2.81. The summed E-state index contributed by atoms with van der Waals surface area (Å²) in [5, 5.41) is 6.87. The number of hydrogen-bond donors (Lipinski definition) is 1. The molecule has 2 aliphatic heterocycles. The van der Waals surface area contributed by atoms with Crippen molar-refractivity contribution in [3.8, 4) is 0 Å². The molecule has 1 fully saturated rings. The van der Waals surface area contributed by atoms with Crippen LogP contribution in [0.25, 0.3) is 0 Å². The average Bonchev–Trinajstić information content (AvgIpc) is 2.99. The number of likely N-dealkylation sites (tertiary alicyclic amines) is 1. The topological polar surface area (TPSA) is 71.0 Å². The molecule has 1 spiro atoms. The second kappa shape index (κ2) is 7.25. The summed E-state index contributed by atoms with van der Waals surface area (Å²) in [5.74, 6) is 0.243. The van der Waals surface area contributed by atoms with Crippen molar-refractivity contribution in [2.45, 2.75) is 45.1 Å². The lowest BCUT2D eigenvalue weighted by atomic mass is 9.87. The molecule has 1 aromatic rings. The van der Waals surface area contributed by atoms with E-state index >= 15 is 0 Å². The molecule has 0 unspecified atom stereocenters. The first kappa shape index (κ1) is 17.5. The molecule has 1 N–H and O–H groups in total. The van der Waals surface area contributed by atoms with Gasteiger partial charge < -0.3 is 15.1 Å². The monoisotopic (exact) mass is 343 g/mol. The van der Waals surface area contributed by atoms with E-state index in [1.54, 1.807) is 0 Å². The fourth-order valence-corrected chi connectivity index (χ4v) is 3.38. The summed E-state index contributed by atoms with van der Waals surface area (Å²) in [4.78, 5) is 32.3. The van der Waals surface area contributed by atoms with Crippen molar-refractivity contribution in [1.82, 2.24) is 4.90 Å². The molecule has 0 bridgehead atoms. The molecule has 134 valence electrons. The Balaban J connectivity index is 1.60. The summed E-state index contributed by atoms with van der Waals surface area (Å²) in [6.45, 7) is 5.34. The lowest BCUT2D eigenvalue weighted by molar-refractivity contribution is -0.141. The van der Waals surface area contributed by atoms with Crippen LogP contribution in [-0.2, 0) is 14.4 Å². The van der Waals surface area contributed by atoms with E-state index in [0.29, 0.717) is 31.0 Å². The lowest BCUT2D eigenvalue weighted by Crippen LogP contribution is -2.51. The van der Waals surface area contributed by atoms with Gasteiger partial charge in [-0.3, -0.25) is 9.59 Å². The summed E-state index contributed by atoms with van der Waals surface area (Å²) < 4.78 is 0. The number of amides is 2. The van der Waals surface area contributed by atoms with Crippen molar-refractivity contribution in [2.24, 2.45) is 11.1 Å². The van der Waals surface area contributed by atoms with Crippen LogP contribution in [0.2, 0.25) is 0 Å². The number of rotatable bonds is 4. The molecule has 1 aromatic carbocycles. The second-order valence-electron chi connectivity index (χ2n) is 7.33. The largest absolute Gasteiger partial charge is 0.386 e. The van der Waals surface area contributed by atoms with Gasteiger partial charge in [0, 0.05) is 25.1 Å². The highest BCUT2D eigenvalue weighted by Crippen LogP contribution is 2.34. The SMILES string of the molecule is CC(C)CC(=O)N1CCC[C@@]2(CC(C(=O)Nc3ccccc3)=NO2)C1. The third-order valence-electron chi connectivity index (χ3n) is 4.61. The Labute approximate surface area is 148 Å². The van der Waals surface area contributed by atoms with Gasteiger partial charge >= 0.3 is 0 Å². The number of benzene rings is 1. The average molecular weight is 343 g/mol. The van der Waals surface area contributed by atoms with E-state index in [1.165, 1.54) is 0 Å². The quantitative estimate of drug-likeness (QED) is 0.914. The minimum Gasteiger partial charge on any atom is -0.386 e. The summed E-state index contributed by atoms with van der Waals surface area (Å²) in [5.41, 5.74) is 0.574. The highest BCUT2D eigenvalue weighted by molar-refractivity contribution is 6.43. The Morgan fingerprint density at radius 1 is 1.32 bits per heavy atom. The predicted molar refractivity (Wildman–Crippen MR) is 96.2 cm³/mol. The number of oxime groups is 1. The van der Waals surface area contributed by atoms with Crippen molar-refractivity contribution in [3.63, 3.8) is 0 Å². The third-order valence-corrected chi connectivity index (χ3v) is 4.61. The fourth-order valence-electron chi connectivity index (χ4n) is 3.38. The maximum atomic E-state index is 12.4. The molecule has 3 rings (SSSR count). The molecular weight excluding hydrogens is 318 g/mol. The molecule has 2 heterocycles. The van der Waals surface area contributed by atoms with Gasteiger partial charge in [0.05, 0.1) is 6.54 Å². The fraction of sp³-hybridized carbons (Fsp3) is 0.526. The van der Waals surface area contributed by atoms with E-state index in [-0.39, 0.29) is 11.8 Å². The van der Waals surface area contributed by atoms with E-state index in [1.807, 2.05) is 49.1 Å². The molecule has 2 amide bonds. The van der Waals surface area contributed by atoms with Gasteiger partial charge in [-0.05, 0) is 30.9 Å². The highest BCUT2D eigenvalue weighted by atomic mass is 16.7. The van der Waals surface area contributed by atoms with E-state index < -0.39 is 5.60 Å². The first-order valence-electron chi connectivity index (χ1n) is 8.87. The number of para-hydroxylation sites is 1. The van der Waals surface area contributed by atoms with Crippen molar-refractivity contribution < 1.29 is 14.4 Å². The molecule has 0 saturated carbocycles. The number of anilines is 1. The number of nitrogens with zero attached hydrogens (tertiary/aromatic N) is 2. The molecule has 0 radical (unpaired) electrons. The summed E-state index contributed by atoms with van der Waals surface area (Å²) in [6, 6.07) is 9.28. The van der Waals surface area contributed by atoms with Gasteiger partial charge in [-0.1, -0.05) is 37.2 Å². The smallest absolute Gasteiger partial charge is 0.273 e. The van der Waals surface area contributed by atoms with Gasteiger partial charge in [0.1, 0.15) is 5.71 Å². The van der Waals surface area contributed by atoms with Crippen LogP contribution in [0.4, 0.5) is 5.69 Å². The van der Waals surface area contributed by atoms with Gasteiger partial charge in [0.25, 0.3) is 5.91 Å². The van der Waals surface area contributed by atoms with Crippen LogP contribution in [0.3, 0.4) is 0 Å². The summed E-state index contributed by atoms with van der Waals surface area (Å²) in [6.07, 6.45) is 2.66. The molecule has 2 aliphatic rings. The van der Waals surface area contributed by atoms with Crippen LogP contribution in [0.5, 0.6) is 0 Å². The Morgan fingerprint density at radius 2 is 2.08 bits per heavy atom. The van der Waals surface area contributed by atoms with E-state index in [4.69, 9.17) is 4.84 Å². The number of piperidine rings is 1. The zero-order valence-electron chi connectivity index (χ0n) is 14.8. The van der Waals surface area contributed by atoms with Crippen molar-refractivity contribution >= 4 is 23.2 Å². The minimum atomic E-state index is -0.547. The van der Waals surface area contributed by atoms with Crippen LogP contribution >= 0.6 is 0 Å². The van der Waals surface area contributed by atoms with Gasteiger partial charge in [0.2, 0.25) is 5.91 Å². The number of carbonyl (C=O) groups excluding carboxylic acids is 2. The maximum Gasteiger partial charge on any atom is 0.273 e.